The van der Waals surface area contributed by atoms with Gasteiger partial charge in [-0.1, -0.05) is 35.3 Å². The number of carbonyl (C=O) groups is 1. The van der Waals surface area contributed by atoms with Gasteiger partial charge in [0.1, 0.15) is 0 Å². The maximum absolute atomic E-state index is 12.8. The number of pyridine rings is 2. The minimum Gasteiger partial charge on any atom is -0.321 e. The van der Waals surface area contributed by atoms with E-state index < -0.39 is 16.9 Å². The highest BCUT2D eigenvalue weighted by Crippen LogP contribution is 2.20. The summed E-state index contributed by atoms with van der Waals surface area (Å²) in [6.45, 7) is 0. The number of fused-ring (bicyclic) bond motifs is 2. The van der Waals surface area contributed by atoms with Gasteiger partial charge in [-0.3, -0.25) is 14.4 Å². The highest BCUT2D eigenvalue weighted by Gasteiger charge is 2.18. The van der Waals surface area contributed by atoms with Crippen LogP contribution < -0.4 is 11.1 Å². The Morgan fingerprint density at radius 3 is 1.54 bits per heavy atom. The highest BCUT2D eigenvalue weighted by atomic mass is 35.5. The Morgan fingerprint density at radius 2 is 1.12 bits per heavy atom. The van der Waals surface area contributed by atoms with Crippen LogP contribution in [0.3, 0.4) is 0 Å². The topological polar surface area (TPSA) is 82.8 Å². The second kappa shape index (κ2) is 6.12. The Kier molecular flexibility index (Phi) is 3.90. The predicted molar refractivity (Wildman–Crippen MR) is 103 cm³/mol. The van der Waals surface area contributed by atoms with E-state index in [4.69, 9.17) is 23.2 Å². The van der Waals surface area contributed by atoms with Crippen molar-refractivity contribution in [1.82, 2.24) is 9.97 Å². The molecule has 0 radical (unpaired) electrons. The van der Waals surface area contributed by atoms with Crippen LogP contribution in [0.15, 0.2) is 58.1 Å². The SMILES string of the molecule is O=C(c1cc2ccc(Cl)cc2[nH]c1=O)c1cc2ccc(Cl)cc2[nH]c1=O. The van der Waals surface area contributed by atoms with E-state index >= 15 is 0 Å². The van der Waals surface area contributed by atoms with E-state index in [9.17, 15) is 14.4 Å². The number of ketones is 1. The van der Waals surface area contributed by atoms with Gasteiger partial charge >= 0.3 is 0 Å². The van der Waals surface area contributed by atoms with E-state index in [1.807, 2.05) is 0 Å². The molecule has 0 amide bonds. The lowest BCUT2D eigenvalue weighted by atomic mass is 10.0. The Hall–Kier alpha value is -2.89. The summed E-state index contributed by atoms with van der Waals surface area (Å²) in [5.41, 5.74) is -0.361. The standard InChI is InChI=1S/C19H10Cl2N2O3/c20-11-3-1-9-5-13(18(25)22-15(9)7-11)17(24)14-6-10-2-4-12(21)8-16(10)23-19(14)26/h1-8H,(H,22,25)(H,23,26). The minimum absolute atomic E-state index is 0.112. The Labute approximate surface area is 156 Å². The molecule has 0 spiro atoms. The van der Waals surface area contributed by atoms with Crippen LogP contribution in [-0.4, -0.2) is 15.8 Å². The van der Waals surface area contributed by atoms with Gasteiger partial charge < -0.3 is 9.97 Å². The molecular weight excluding hydrogens is 375 g/mol. The number of carbonyl (C=O) groups excluding carboxylic acids is 1. The summed E-state index contributed by atoms with van der Waals surface area (Å²) < 4.78 is 0. The molecule has 5 nitrogen and oxygen atoms in total. The largest absolute Gasteiger partial charge is 0.321 e. The van der Waals surface area contributed by atoms with Gasteiger partial charge in [-0.05, 0) is 47.2 Å². The van der Waals surface area contributed by atoms with E-state index in [-0.39, 0.29) is 11.1 Å². The predicted octanol–water partition coefficient (Wildman–Crippen LogP) is 3.91. The van der Waals surface area contributed by atoms with Crippen molar-refractivity contribution in [3.05, 3.63) is 90.4 Å². The van der Waals surface area contributed by atoms with E-state index in [2.05, 4.69) is 9.97 Å². The molecule has 2 heterocycles. The van der Waals surface area contributed by atoms with Crippen molar-refractivity contribution in [3.8, 4) is 0 Å². The molecule has 2 aromatic carbocycles. The molecule has 2 aromatic heterocycles. The number of hydrogen-bond acceptors (Lipinski definition) is 3. The number of aromatic nitrogens is 2. The van der Waals surface area contributed by atoms with Crippen LogP contribution in [0.4, 0.5) is 0 Å². The van der Waals surface area contributed by atoms with Crippen molar-refractivity contribution in [2.75, 3.05) is 0 Å². The number of benzene rings is 2. The molecule has 0 aliphatic rings. The molecule has 0 atom stereocenters. The van der Waals surface area contributed by atoms with Gasteiger partial charge in [0.2, 0.25) is 5.78 Å². The molecule has 128 valence electrons. The third kappa shape index (κ3) is 2.81. The summed E-state index contributed by atoms with van der Waals surface area (Å²) >= 11 is 11.8. The zero-order chi connectivity index (χ0) is 18.4. The molecule has 0 bridgehead atoms. The van der Waals surface area contributed by atoms with Crippen LogP contribution in [0.25, 0.3) is 21.8 Å². The Bertz CT molecular complexity index is 1220. The van der Waals surface area contributed by atoms with Gasteiger partial charge in [-0.25, -0.2) is 0 Å². The van der Waals surface area contributed by atoms with Crippen LogP contribution >= 0.6 is 23.2 Å². The van der Waals surface area contributed by atoms with Crippen molar-refractivity contribution < 1.29 is 4.79 Å². The summed E-state index contributed by atoms with van der Waals surface area (Å²) in [7, 11) is 0. The second-order valence-electron chi connectivity index (χ2n) is 5.82. The minimum atomic E-state index is -0.652. The first-order chi connectivity index (χ1) is 12.4. The van der Waals surface area contributed by atoms with Gasteiger partial charge in [-0.2, -0.15) is 0 Å². The molecule has 0 fully saturated rings. The van der Waals surface area contributed by atoms with Crippen molar-refractivity contribution in [2.24, 2.45) is 0 Å². The summed E-state index contributed by atoms with van der Waals surface area (Å²) in [5, 5.41) is 2.22. The van der Waals surface area contributed by atoms with Gasteiger partial charge in [0, 0.05) is 21.1 Å². The molecule has 0 aliphatic carbocycles. The fourth-order valence-corrected chi connectivity index (χ4v) is 3.17. The number of aromatic amines is 2. The van der Waals surface area contributed by atoms with E-state index in [0.717, 1.165) is 0 Å². The summed E-state index contributed by atoms with van der Waals surface area (Å²) in [4.78, 5) is 42.7. The van der Waals surface area contributed by atoms with Crippen LogP contribution in [-0.2, 0) is 0 Å². The maximum atomic E-state index is 12.8. The van der Waals surface area contributed by atoms with Crippen LogP contribution in [0.1, 0.15) is 15.9 Å². The van der Waals surface area contributed by atoms with Crippen molar-refractivity contribution >= 4 is 50.8 Å². The lowest BCUT2D eigenvalue weighted by molar-refractivity contribution is 0.103. The summed E-state index contributed by atoms with van der Waals surface area (Å²) in [5.74, 6) is -0.652. The number of hydrogen-bond donors (Lipinski definition) is 2. The van der Waals surface area contributed by atoms with Crippen molar-refractivity contribution in [2.45, 2.75) is 0 Å². The Balaban J connectivity index is 1.90. The van der Waals surface area contributed by atoms with Crippen LogP contribution in [0.5, 0.6) is 0 Å². The third-order valence-corrected chi connectivity index (χ3v) is 4.58. The van der Waals surface area contributed by atoms with Crippen LogP contribution in [0.2, 0.25) is 10.0 Å². The quantitative estimate of drug-likeness (QED) is 0.514. The molecule has 4 aromatic rings. The molecule has 26 heavy (non-hydrogen) atoms. The first-order valence-electron chi connectivity index (χ1n) is 7.62. The highest BCUT2D eigenvalue weighted by molar-refractivity contribution is 6.31. The zero-order valence-corrected chi connectivity index (χ0v) is 14.6. The normalized spacial score (nSPS) is 11.2. The average Bonchev–Trinajstić information content (AvgIpc) is 2.59. The van der Waals surface area contributed by atoms with Crippen molar-refractivity contribution in [3.63, 3.8) is 0 Å². The number of rotatable bonds is 2. The number of halogens is 2. The fraction of sp³-hybridized carbons (Fsp3) is 0. The van der Waals surface area contributed by atoms with E-state index in [1.165, 1.54) is 12.1 Å². The molecule has 7 heteroatoms. The van der Waals surface area contributed by atoms with Crippen molar-refractivity contribution in [1.29, 1.82) is 0 Å². The first kappa shape index (κ1) is 16.6. The average molecular weight is 385 g/mol. The monoisotopic (exact) mass is 384 g/mol. The Morgan fingerprint density at radius 1 is 0.692 bits per heavy atom. The van der Waals surface area contributed by atoms with E-state index in [0.29, 0.717) is 31.9 Å². The smallest absolute Gasteiger partial charge is 0.259 e. The first-order valence-corrected chi connectivity index (χ1v) is 8.38. The zero-order valence-electron chi connectivity index (χ0n) is 13.1. The van der Waals surface area contributed by atoms with Crippen LogP contribution in [0, 0.1) is 0 Å². The van der Waals surface area contributed by atoms with Gasteiger partial charge in [-0.15, -0.1) is 0 Å². The van der Waals surface area contributed by atoms with Gasteiger partial charge in [0.15, 0.2) is 0 Å². The summed E-state index contributed by atoms with van der Waals surface area (Å²) in [6.07, 6.45) is 0. The molecule has 0 aliphatic heterocycles. The molecule has 0 saturated carbocycles. The summed E-state index contributed by atoms with van der Waals surface area (Å²) in [6, 6.07) is 12.8. The molecule has 2 N–H and O–H groups in total. The van der Waals surface area contributed by atoms with Gasteiger partial charge in [0.05, 0.1) is 11.1 Å². The molecule has 4 rings (SSSR count). The molecule has 0 saturated heterocycles. The number of H-pyrrole nitrogens is 2. The molecular formula is C19H10Cl2N2O3. The lowest BCUT2D eigenvalue weighted by Crippen LogP contribution is -2.24. The van der Waals surface area contributed by atoms with Gasteiger partial charge in [0.25, 0.3) is 11.1 Å². The fourth-order valence-electron chi connectivity index (χ4n) is 2.83. The van der Waals surface area contributed by atoms with E-state index in [1.54, 1.807) is 36.4 Å². The molecule has 0 unspecified atom stereocenters. The lowest BCUT2D eigenvalue weighted by Gasteiger charge is -2.05. The number of nitrogens with one attached hydrogen (secondary N) is 2. The second-order valence-corrected chi connectivity index (χ2v) is 6.69. The maximum Gasteiger partial charge on any atom is 0.259 e. The third-order valence-electron chi connectivity index (χ3n) is 4.11.